The van der Waals surface area contributed by atoms with Crippen LogP contribution >= 0.6 is 0 Å². The third-order valence-electron chi connectivity index (χ3n) is 2.85. The second-order valence-corrected chi connectivity index (χ2v) is 4.23. The predicted octanol–water partition coefficient (Wildman–Crippen LogP) is 2.65. The largest absolute Gasteiger partial charge is 0.378 e. The molecule has 0 unspecified atom stereocenters. The fourth-order valence-corrected chi connectivity index (χ4v) is 1.70. The van der Waals surface area contributed by atoms with Crippen molar-refractivity contribution in [3.63, 3.8) is 0 Å². The van der Waals surface area contributed by atoms with E-state index in [1.165, 1.54) is 6.07 Å². The normalized spacial score (nSPS) is 10.2. The van der Waals surface area contributed by atoms with Crippen molar-refractivity contribution in [3.05, 3.63) is 52.1 Å². The molecule has 0 amide bonds. The van der Waals surface area contributed by atoms with Gasteiger partial charge in [-0.25, -0.2) is 4.98 Å². The van der Waals surface area contributed by atoms with Crippen molar-refractivity contribution in [1.82, 2.24) is 4.98 Å². The topological polar surface area (TPSA) is 85.3 Å². The molecule has 0 aliphatic rings. The molecule has 0 fully saturated rings. The molecule has 6 heteroatoms. The number of benzene rings is 1. The third kappa shape index (κ3) is 2.62. The number of anilines is 3. The fraction of sp³-hybridized carbons (Fsp3) is 0.154. The first-order valence-corrected chi connectivity index (χ1v) is 5.70. The molecular weight excluding hydrogens is 244 g/mol. The Labute approximate surface area is 110 Å². The van der Waals surface area contributed by atoms with E-state index in [-0.39, 0.29) is 11.5 Å². The summed E-state index contributed by atoms with van der Waals surface area (Å²) in [6.07, 6.45) is 0. The van der Waals surface area contributed by atoms with E-state index >= 15 is 0 Å². The summed E-state index contributed by atoms with van der Waals surface area (Å²) in [5, 5.41) is 10.7. The summed E-state index contributed by atoms with van der Waals surface area (Å²) >= 11 is 0. The highest BCUT2D eigenvalue weighted by atomic mass is 16.6. The second kappa shape index (κ2) is 4.93. The van der Waals surface area contributed by atoms with E-state index in [2.05, 4.69) is 4.98 Å². The second-order valence-electron chi connectivity index (χ2n) is 4.23. The van der Waals surface area contributed by atoms with Crippen LogP contribution in [0.5, 0.6) is 0 Å². The van der Waals surface area contributed by atoms with Gasteiger partial charge in [0.25, 0.3) is 0 Å². The summed E-state index contributed by atoms with van der Waals surface area (Å²) in [7, 11) is 1.83. The van der Waals surface area contributed by atoms with Gasteiger partial charge in [-0.05, 0) is 25.1 Å². The Bertz CT molecular complexity index is 611. The average molecular weight is 258 g/mol. The number of pyridine rings is 1. The number of hydrogen-bond donors (Lipinski definition) is 1. The van der Waals surface area contributed by atoms with E-state index in [0.29, 0.717) is 5.82 Å². The Morgan fingerprint density at radius 2 is 1.84 bits per heavy atom. The minimum Gasteiger partial charge on any atom is -0.378 e. The van der Waals surface area contributed by atoms with E-state index in [0.717, 1.165) is 11.3 Å². The third-order valence-corrected chi connectivity index (χ3v) is 2.85. The number of rotatable bonds is 3. The number of nitrogens with two attached hydrogens (primary N) is 1. The van der Waals surface area contributed by atoms with Crippen molar-refractivity contribution in [2.45, 2.75) is 6.92 Å². The van der Waals surface area contributed by atoms with Gasteiger partial charge in [0.05, 0.1) is 4.92 Å². The lowest BCUT2D eigenvalue weighted by atomic mass is 10.2. The highest BCUT2D eigenvalue weighted by molar-refractivity contribution is 5.64. The number of aromatic nitrogens is 1. The Morgan fingerprint density at radius 3 is 2.37 bits per heavy atom. The maximum absolute atomic E-state index is 10.7. The van der Waals surface area contributed by atoms with E-state index in [9.17, 15) is 10.1 Å². The molecule has 98 valence electrons. The molecule has 1 heterocycles. The van der Waals surface area contributed by atoms with Gasteiger partial charge in [0.15, 0.2) is 0 Å². The summed E-state index contributed by atoms with van der Waals surface area (Å²) in [6.45, 7) is 2.01. The Morgan fingerprint density at radius 1 is 1.21 bits per heavy atom. The molecule has 1 aromatic heterocycles. The maximum atomic E-state index is 10.7. The summed E-state index contributed by atoms with van der Waals surface area (Å²) in [5.74, 6) is 0.480. The Balaban J connectivity index is 2.34. The molecule has 19 heavy (non-hydrogen) atoms. The van der Waals surface area contributed by atoms with Crippen LogP contribution in [-0.4, -0.2) is 17.0 Å². The predicted molar refractivity (Wildman–Crippen MR) is 74.5 cm³/mol. The molecule has 0 radical (unpaired) electrons. The Kier molecular flexibility index (Phi) is 3.33. The highest BCUT2D eigenvalue weighted by Gasteiger charge is 2.15. The van der Waals surface area contributed by atoms with Crippen molar-refractivity contribution in [2.75, 3.05) is 17.7 Å². The maximum Gasteiger partial charge on any atom is 0.311 e. The van der Waals surface area contributed by atoms with Gasteiger partial charge in [-0.3, -0.25) is 10.1 Å². The van der Waals surface area contributed by atoms with Crippen LogP contribution in [0.4, 0.5) is 23.0 Å². The lowest BCUT2D eigenvalue weighted by molar-refractivity contribution is -0.384. The zero-order valence-corrected chi connectivity index (χ0v) is 10.7. The van der Waals surface area contributed by atoms with Crippen LogP contribution < -0.4 is 10.6 Å². The number of nitrogens with zero attached hydrogens (tertiary/aromatic N) is 3. The molecule has 0 saturated heterocycles. The van der Waals surface area contributed by atoms with Gasteiger partial charge >= 0.3 is 5.69 Å². The quantitative estimate of drug-likeness (QED) is 0.675. The van der Waals surface area contributed by atoms with Gasteiger partial charge in [0.1, 0.15) is 5.82 Å². The molecule has 2 aromatic rings. The molecule has 0 atom stereocenters. The molecule has 2 rings (SSSR count). The summed E-state index contributed by atoms with van der Waals surface area (Å²) < 4.78 is 0. The molecule has 0 aliphatic carbocycles. The van der Waals surface area contributed by atoms with Crippen LogP contribution in [-0.2, 0) is 0 Å². The zero-order chi connectivity index (χ0) is 14.0. The molecular formula is C13H14N4O2. The molecule has 6 nitrogen and oxygen atoms in total. The highest BCUT2D eigenvalue weighted by Crippen LogP contribution is 2.26. The van der Waals surface area contributed by atoms with E-state index in [4.69, 9.17) is 5.73 Å². The number of hydrogen-bond acceptors (Lipinski definition) is 5. The summed E-state index contributed by atoms with van der Waals surface area (Å²) in [6, 6.07) is 10.8. The molecule has 0 aliphatic heterocycles. The van der Waals surface area contributed by atoms with Gasteiger partial charge in [-0.15, -0.1) is 0 Å². The van der Waals surface area contributed by atoms with Crippen molar-refractivity contribution in [2.24, 2.45) is 0 Å². The Hall–Kier alpha value is -2.63. The molecule has 1 aromatic carbocycles. The minimum absolute atomic E-state index is 0.0820. The van der Waals surface area contributed by atoms with Crippen LogP contribution in [0.2, 0.25) is 0 Å². The van der Waals surface area contributed by atoms with Crippen molar-refractivity contribution >= 4 is 23.0 Å². The van der Waals surface area contributed by atoms with Crippen LogP contribution in [0.3, 0.4) is 0 Å². The number of nitrogen functional groups attached to an aromatic ring is 1. The van der Waals surface area contributed by atoms with Crippen molar-refractivity contribution < 1.29 is 4.92 Å². The van der Waals surface area contributed by atoms with Gasteiger partial charge in [-0.1, -0.05) is 17.7 Å². The van der Waals surface area contributed by atoms with Crippen LogP contribution in [0.25, 0.3) is 0 Å². The lowest BCUT2D eigenvalue weighted by Crippen LogP contribution is -2.12. The van der Waals surface area contributed by atoms with Crippen molar-refractivity contribution in [3.8, 4) is 0 Å². The first kappa shape index (κ1) is 12.8. The van der Waals surface area contributed by atoms with E-state index < -0.39 is 4.92 Å². The zero-order valence-electron chi connectivity index (χ0n) is 10.7. The average Bonchev–Trinajstić information content (AvgIpc) is 2.38. The van der Waals surface area contributed by atoms with Crippen LogP contribution in [0.15, 0.2) is 36.4 Å². The molecule has 2 N–H and O–H groups in total. The molecule has 0 bridgehead atoms. The van der Waals surface area contributed by atoms with E-state index in [1.807, 2.05) is 43.1 Å². The minimum atomic E-state index is -0.544. The van der Waals surface area contributed by atoms with Gasteiger partial charge < -0.3 is 10.6 Å². The first-order chi connectivity index (χ1) is 8.99. The monoisotopic (exact) mass is 258 g/mol. The molecule has 0 spiro atoms. The van der Waals surface area contributed by atoms with Crippen LogP contribution in [0.1, 0.15) is 5.56 Å². The molecule has 0 saturated carbocycles. The summed E-state index contributed by atoms with van der Waals surface area (Å²) in [5.41, 5.74) is 7.50. The van der Waals surface area contributed by atoms with Crippen LogP contribution in [0, 0.1) is 17.0 Å². The smallest absolute Gasteiger partial charge is 0.311 e. The van der Waals surface area contributed by atoms with Gasteiger partial charge in [-0.2, -0.15) is 0 Å². The number of nitro groups is 1. The standard InChI is InChI=1S/C13H14N4O2/c1-9-3-5-10(6-4-9)16(2)12-8-7-11(17(18)19)13(14)15-12/h3-8H,1-2H3,(H2,14,15). The number of aryl methyl sites for hydroxylation is 1. The lowest BCUT2D eigenvalue weighted by Gasteiger charge is -2.18. The van der Waals surface area contributed by atoms with Gasteiger partial charge in [0, 0.05) is 18.8 Å². The SMILES string of the molecule is Cc1ccc(N(C)c2ccc([N+](=O)[O-])c(N)n2)cc1. The summed E-state index contributed by atoms with van der Waals surface area (Å²) in [4.78, 5) is 16.0. The first-order valence-electron chi connectivity index (χ1n) is 5.70. The van der Waals surface area contributed by atoms with Crippen molar-refractivity contribution in [1.29, 1.82) is 0 Å². The van der Waals surface area contributed by atoms with Gasteiger partial charge in [0.2, 0.25) is 5.82 Å². The fourth-order valence-electron chi connectivity index (χ4n) is 1.70. The van der Waals surface area contributed by atoms with E-state index in [1.54, 1.807) is 6.07 Å².